The van der Waals surface area contributed by atoms with Gasteiger partial charge in [-0.05, 0) is 11.4 Å². The molecule has 16 heavy (non-hydrogen) atoms. The molecule has 2 aromatic rings. The number of imidazole rings is 1. The highest BCUT2D eigenvalue weighted by Gasteiger charge is 2.22. The van der Waals surface area contributed by atoms with E-state index in [0.29, 0.717) is 13.2 Å². The van der Waals surface area contributed by atoms with E-state index in [-0.39, 0.29) is 6.10 Å². The first-order valence-electron chi connectivity index (χ1n) is 5.27. The van der Waals surface area contributed by atoms with Gasteiger partial charge in [0, 0.05) is 17.6 Å². The smallest absolute Gasteiger partial charge is 0.135 e. The minimum atomic E-state index is 0.160. The van der Waals surface area contributed by atoms with E-state index in [1.165, 1.54) is 4.88 Å². The molecule has 2 aromatic heterocycles. The fourth-order valence-corrected chi connectivity index (χ4v) is 2.70. The summed E-state index contributed by atoms with van der Waals surface area (Å²) in [7, 11) is 0. The van der Waals surface area contributed by atoms with Crippen LogP contribution in [-0.4, -0.2) is 9.55 Å². The van der Waals surface area contributed by atoms with E-state index in [0.717, 1.165) is 18.1 Å². The number of nitrogens with zero attached hydrogens (tertiary/aromatic N) is 2. The average molecular weight is 235 g/mol. The number of aromatic nitrogens is 2. The lowest BCUT2D eigenvalue weighted by molar-refractivity contribution is 0.00267. The Kier molecular flexibility index (Phi) is 2.51. The summed E-state index contributed by atoms with van der Waals surface area (Å²) in [6.45, 7) is 1.90. The molecule has 1 aliphatic heterocycles. The summed E-state index contributed by atoms with van der Waals surface area (Å²) < 4.78 is 7.94. The van der Waals surface area contributed by atoms with Crippen molar-refractivity contribution < 1.29 is 4.74 Å². The number of thiophene rings is 1. The predicted molar refractivity (Wildman–Crippen MR) is 62.0 cm³/mol. The number of rotatable bonds is 2. The van der Waals surface area contributed by atoms with Gasteiger partial charge in [0.05, 0.1) is 12.2 Å². The van der Waals surface area contributed by atoms with Gasteiger partial charge in [0.15, 0.2) is 0 Å². The van der Waals surface area contributed by atoms with Gasteiger partial charge in [-0.2, -0.15) is 0 Å². The molecule has 84 valence electrons. The molecule has 0 amide bonds. The summed E-state index contributed by atoms with van der Waals surface area (Å²) in [5, 5.41) is 2.08. The third-order valence-electron chi connectivity index (χ3n) is 2.75. The number of fused-ring (bicyclic) bond motifs is 1. The third-order valence-corrected chi connectivity index (χ3v) is 3.72. The fraction of sp³-hybridized carbons (Fsp3) is 0.364. The van der Waals surface area contributed by atoms with Gasteiger partial charge < -0.3 is 15.0 Å². The van der Waals surface area contributed by atoms with Crippen LogP contribution in [0.3, 0.4) is 0 Å². The van der Waals surface area contributed by atoms with Gasteiger partial charge in [-0.25, -0.2) is 4.98 Å². The molecular formula is C11H13N3OS. The SMILES string of the molecule is NCc1cn2c(n1)COC(c1cccs1)C2. The molecule has 3 rings (SSSR count). The molecule has 1 aliphatic rings. The van der Waals surface area contributed by atoms with Crippen LogP contribution in [0.15, 0.2) is 23.7 Å². The first-order chi connectivity index (χ1) is 7.86. The topological polar surface area (TPSA) is 53.1 Å². The summed E-state index contributed by atoms with van der Waals surface area (Å²) in [6.07, 6.45) is 2.19. The minimum Gasteiger partial charge on any atom is -0.363 e. The zero-order valence-corrected chi connectivity index (χ0v) is 9.61. The zero-order valence-electron chi connectivity index (χ0n) is 8.80. The molecule has 4 nitrogen and oxygen atoms in total. The highest BCUT2D eigenvalue weighted by Crippen LogP contribution is 2.29. The van der Waals surface area contributed by atoms with Crippen LogP contribution in [0.2, 0.25) is 0 Å². The summed E-state index contributed by atoms with van der Waals surface area (Å²) in [4.78, 5) is 5.67. The van der Waals surface area contributed by atoms with Crippen molar-refractivity contribution in [3.05, 3.63) is 40.1 Å². The van der Waals surface area contributed by atoms with Gasteiger partial charge in [-0.3, -0.25) is 0 Å². The van der Waals surface area contributed by atoms with Crippen LogP contribution in [0.5, 0.6) is 0 Å². The van der Waals surface area contributed by atoms with E-state index in [9.17, 15) is 0 Å². The fourth-order valence-electron chi connectivity index (χ4n) is 1.94. The molecule has 2 N–H and O–H groups in total. The number of ether oxygens (including phenoxy) is 1. The molecule has 0 saturated heterocycles. The maximum atomic E-state index is 5.79. The van der Waals surface area contributed by atoms with Gasteiger partial charge in [0.25, 0.3) is 0 Å². The highest BCUT2D eigenvalue weighted by atomic mass is 32.1. The molecule has 3 heterocycles. The average Bonchev–Trinajstić information content (AvgIpc) is 2.96. The Morgan fingerprint density at radius 3 is 3.31 bits per heavy atom. The summed E-state index contributed by atoms with van der Waals surface area (Å²) in [5.41, 5.74) is 6.51. The van der Waals surface area contributed by atoms with Crippen molar-refractivity contribution >= 4 is 11.3 Å². The summed E-state index contributed by atoms with van der Waals surface area (Å²) in [5.74, 6) is 0.980. The molecule has 0 fully saturated rings. The van der Waals surface area contributed by atoms with Crippen molar-refractivity contribution in [2.75, 3.05) is 0 Å². The van der Waals surface area contributed by atoms with E-state index >= 15 is 0 Å². The van der Waals surface area contributed by atoms with Crippen molar-refractivity contribution in [1.29, 1.82) is 0 Å². The van der Waals surface area contributed by atoms with Gasteiger partial charge in [0.1, 0.15) is 18.5 Å². The normalized spacial score (nSPS) is 19.7. The second-order valence-electron chi connectivity index (χ2n) is 3.82. The molecule has 0 bridgehead atoms. The molecular weight excluding hydrogens is 222 g/mol. The lowest BCUT2D eigenvalue weighted by atomic mass is 10.2. The molecule has 0 radical (unpaired) electrons. The molecule has 0 saturated carbocycles. The second kappa shape index (κ2) is 4.01. The lowest BCUT2D eigenvalue weighted by Gasteiger charge is -2.23. The van der Waals surface area contributed by atoms with E-state index in [1.807, 2.05) is 6.20 Å². The molecule has 1 unspecified atom stereocenters. The van der Waals surface area contributed by atoms with Crippen molar-refractivity contribution in [3.63, 3.8) is 0 Å². The number of nitrogens with two attached hydrogens (primary N) is 1. The largest absolute Gasteiger partial charge is 0.363 e. The monoisotopic (exact) mass is 235 g/mol. The van der Waals surface area contributed by atoms with Crippen LogP contribution in [0.1, 0.15) is 22.5 Å². The number of hydrogen-bond donors (Lipinski definition) is 1. The highest BCUT2D eigenvalue weighted by molar-refractivity contribution is 7.10. The first-order valence-corrected chi connectivity index (χ1v) is 6.15. The molecule has 0 spiro atoms. The quantitative estimate of drug-likeness (QED) is 0.861. The Balaban J connectivity index is 1.85. The van der Waals surface area contributed by atoms with Gasteiger partial charge >= 0.3 is 0 Å². The van der Waals surface area contributed by atoms with Crippen molar-refractivity contribution in [2.24, 2.45) is 5.73 Å². The maximum absolute atomic E-state index is 5.79. The van der Waals surface area contributed by atoms with E-state index < -0.39 is 0 Å². The van der Waals surface area contributed by atoms with E-state index in [1.54, 1.807) is 11.3 Å². The van der Waals surface area contributed by atoms with Gasteiger partial charge in [0.2, 0.25) is 0 Å². The molecule has 1 atom stereocenters. The summed E-state index contributed by atoms with van der Waals surface area (Å²) in [6, 6.07) is 4.17. The van der Waals surface area contributed by atoms with Gasteiger partial charge in [-0.1, -0.05) is 6.07 Å². The Morgan fingerprint density at radius 2 is 2.56 bits per heavy atom. The third kappa shape index (κ3) is 1.67. The Labute approximate surface area is 97.7 Å². The van der Waals surface area contributed by atoms with E-state index in [2.05, 4.69) is 27.1 Å². The second-order valence-corrected chi connectivity index (χ2v) is 4.80. The lowest BCUT2D eigenvalue weighted by Crippen LogP contribution is -2.20. The minimum absolute atomic E-state index is 0.160. The Morgan fingerprint density at radius 1 is 1.62 bits per heavy atom. The van der Waals surface area contributed by atoms with Gasteiger partial charge in [-0.15, -0.1) is 11.3 Å². The van der Waals surface area contributed by atoms with Crippen LogP contribution >= 0.6 is 11.3 Å². The van der Waals surface area contributed by atoms with Crippen LogP contribution < -0.4 is 5.73 Å². The van der Waals surface area contributed by atoms with Crippen molar-refractivity contribution in [2.45, 2.75) is 25.8 Å². The van der Waals surface area contributed by atoms with Crippen molar-refractivity contribution in [3.8, 4) is 0 Å². The van der Waals surface area contributed by atoms with Crippen LogP contribution in [-0.2, 0) is 24.4 Å². The Bertz CT molecular complexity index is 477. The molecule has 5 heteroatoms. The van der Waals surface area contributed by atoms with Crippen LogP contribution in [0, 0.1) is 0 Å². The van der Waals surface area contributed by atoms with Crippen LogP contribution in [0.25, 0.3) is 0 Å². The number of hydrogen-bond acceptors (Lipinski definition) is 4. The van der Waals surface area contributed by atoms with Crippen molar-refractivity contribution in [1.82, 2.24) is 9.55 Å². The molecule has 0 aromatic carbocycles. The molecule has 0 aliphatic carbocycles. The summed E-state index contributed by atoms with van der Waals surface area (Å²) >= 11 is 1.73. The van der Waals surface area contributed by atoms with Crippen LogP contribution in [0.4, 0.5) is 0 Å². The standard InChI is InChI=1S/C11H13N3OS/c12-4-8-5-14-6-9(10-2-1-3-16-10)15-7-11(14)13-8/h1-3,5,9H,4,6-7,12H2. The zero-order chi connectivity index (χ0) is 11.0. The first kappa shape index (κ1) is 10.0. The maximum Gasteiger partial charge on any atom is 0.135 e. The van der Waals surface area contributed by atoms with E-state index in [4.69, 9.17) is 10.5 Å². The predicted octanol–water partition coefficient (Wildman–Crippen LogP) is 1.67. The Hall–Kier alpha value is -1.17.